The molecule has 0 aliphatic rings. The Labute approximate surface area is 117 Å². The molecular weight excluding hydrogens is 239 g/mol. The minimum Gasteiger partial charge on any atom is -0.323 e. The summed E-state index contributed by atoms with van der Waals surface area (Å²) in [5.41, 5.74) is 0.427. The Kier molecular flexibility index (Phi) is 12.7. The maximum Gasteiger partial charge on any atom is 0.0906 e. The van der Waals surface area contributed by atoms with Gasteiger partial charge in [0.1, 0.15) is 0 Å². The molecule has 0 N–H and O–H groups in total. The topological polar surface area (TPSA) is 17.1 Å². The molecule has 0 aliphatic heterocycles. The molecule has 0 aliphatic carbocycles. The molecule has 0 rings (SSSR count). The van der Waals surface area contributed by atoms with Crippen LogP contribution in [0.4, 0.5) is 0 Å². The van der Waals surface area contributed by atoms with E-state index in [0.29, 0.717) is 11.6 Å². The molecule has 0 amide bonds. The third-order valence-corrected chi connectivity index (χ3v) is 8.10. The monoisotopic (exact) mass is 276 g/mol. The molecule has 0 fully saturated rings. The highest BCUT2D eigenvalue weighted by atomic mass is 31.2. The largest absolute Gasteiger partial charge is 0.323 e. The van der Waals surface area contributed by atoms with Crippen molar-refractivity contribution < 1.29 is 4.57 Å². The molecule has 0 saturated carbocycles. The Morgan fingerprint density at radius 1 is 0.944 bits per heavy atom. The lowest BCUT2D eigenvalue weighted by Gasteiger charge is -2.26. The van der Waals surface area contributed by atoms with Gasteiger partial charge in [0.2, 0.25) is 0 Å². The first-order chi connectivity index (χ1) is 7.96. The molecule has 0 bridgehead atoms. The van der Waals surface area contributed by atoms with Crippen LogP contribution in [0.2, 0.25) is 0 Å². The average Bonchev–Trinajstić information content (AvgIpc) is 2.26. The molecule has 0 radical (unpaired) electrons. The first-order valence-electron chi connectivity index (χ1n) is 7.54. The predicted molar refractivity (Wildman–Crippen MR) is 87.4 cm³/mol. The molecule has 18 heavy (non-hydrogen) atoms. The van der Waals surface area contributed by atoms with Crippen LogP contribution in [0.25, 0.3) is 0 Å². The lowest BCUT2D eigenvalue weighted by atomic mass is 10.2. The van der Waals surface area contributed by atoms with Crippen LogP contribution in [0, 0.1) is 5.92 Å². The van der Waals surface area contributed by atoms with E-state index in [4.69, 9.17) is 0 Å². The lowest BCUT2D eigenvalue weighted by molar-refractivity contribution is 0.548. The summed E-state index contributed by atoms with van der Waals surface area (Å²) in [7, 11) is -1.92. The fourth-order valence-electron chi connectivity index (χ4n) is 2.43. The highest BCUT2D eigenvalue weighted by molar-refractivity contribution is 7.64. The molecule has 0 aromatic rings. The zero-order chi connectivity index (χ0) is 13.3. The van der Waals surface area contributed by atoms with Crippen molar-refractivity contribution in [1.29, 1.82) is 0 Å². The summed E-state index contributed by atoms with van der Waals surface area (Å²) in [4.78, 5) is 0. The van der Waals surface area contributed by atoms with Crippen molar-refractivity contribution >= 4 is 7.14 Å². The fourth-order valence-corrected chi connectivity index (χ4v) is 6.07. The third-order valence-electron chi connectivity index (χ3n) is 3.71. The highest BCUT2D eigenvalue weighted by Crippen LogP contribution is 2.53. The van der Waals surface area contributed by atoms with Crippen molar-refractivity contribution in [3.05, 3.63) is 0 Å². The van der Waals surface area contributed by atoms with Gasteiger partial charge in [-0.05, 0) is 18.8 Å². The standard InChI is InChI=1S/C15H33OP.CH4/c1-6-8-9-10-11-12-17(16,13-14(3)4)15(5)7-2;/h14-15H,6-13H2,1-5H3;1H4. The second-order valence-corrected chi connectivity index (χ2v) is 9.52. The van der Waals surface area contributed by atoms with Crippen LogP contribution >= 0.6 is 7.14 Å². The van der Waals surface area contributed by atoms with Crippen LogP contribution in [-0.2, 0) is 4.57 Å². The third kappa shape index (κ3) is 8.35. The average molecular weight is 276 g/mol. The van der Waals surface area contributed by atoms with E-state index in [9.17, 15) is 4.57 Å². The molecule has 2 heteroatoms. The normalized spacial score (nSPS) is 16.1. The van der Waals surface area contributed by atoms with E-state index in [0.717, 1.165) is 18.7 Å². The van der Waals surface area contributed by atoms with Gasteiger partial charge in [-0.25, -0.2) is 0 Å². The summed E-state index contributed by atoms with van der Waals surface area (Å²) in [6.45, 7) is 11.0. The van der Waals surface area contributed by atoms with Crippen LogP contribution in [0.5, 0.6) is 0 Å². The molecule has 1 nitrogen and oxygen atoms in total. The number of rotatable bonds is 10. The summed E-state index contributed by atoms with van der Waals surface area (Å²) >= 11 is 0. The van der Waals surface area contributed by atoms with Gasteiger partial charge in [-0.3, -0.25) is 0 Å². The second kappa shape index (κ2) is 11.1. The van der Waals surface area contributed by atoms with Crippen molar-refractivity contribution in [3.8, 4) is 0 Å². The van der Waals surface area contributed by atoms with Gasteiger partial charge in [-0.1, -0.05) is 67.7 Å². The molecule has 0 aromatic heterocycles. The number of hydrogen-bond acceptors (Lipinski definition) is 1. The van der Waals surface area contributed by atoms with E-state index in [1.54, 1.807) is 0 Å². The SMILES string of the molecule is C.CCCCCCCP(=O)(CC(C)C)C(C)CC. The number of hydrogen-bond donors (Lipinski definition) is 0. The van der Waals surface area contributed by atoms with Crippen LogP contribution in [0.3, 0.4) is 0 Å². The first kappa shape index (κ1) is 20.5. The highest BCUT2D eigenvalue weighted by Gasteiger charge is 2.28. The Morgan fingerprint density at radius 2 is 1.50 bits per heavy atom. The van der Waals surface area contributed by atoms with Crippen molar-refractivity contribution in [3.63, 3.8) is 0 Å². The van der Waals surface area contributed by atoms with Crippen molar-refractivity contribution in [2.75, 3.05) is 12.3 Å². The van der Waals surface area contributed by atoms with Crippen molar-refractivity contribution in [1.82, 2.24) is 0 Å². The maximum atomic E-state index is 13.0. The summed E-state index contributed by atoms with van der Waals surface area (Å²) in [6.07, 6.45) is 9.39. The van der Waals surface area contributed by atoms with E-state index < -0.39 is 7.14 Å². The maximum absolute atomic E-state index is 13.0. The van der Waals surface area contributed by atoms with Gasteiger partial charge >= 0.3 is 0 Å². The molecule has 2 atom stereocenters. The van der Waals surface area contributed by atoms with Gasteiger partial charge in [-0.2, -0.15) is 0 Å². The van der Waals surface area contributed by atoms with Crippen LogP contribution in [0.1, 0.15) is 80.6 Å². The minimum atomic E-state index is -1.92. The van der Waals surface area contributed by atoms with Crippen molar-refractivity contribution in [2.24, 2.45) is 5.92 Å². The van der Waals surface area contributed by atoms with E-state index in [-0.39, 0.29) is 7.43 Å². The molecule has 112 valence electrons. The Morgan fingerprint density at radius 3 is 1.94 bits per heavy atom. The van der Waals surface area contributed by atoms with Crippen LogP contribution in [-0.4, -0.2) is 18.0 Å². The molecule has 2 unspecified atom stereocenters. The Balaban J connectivity index is 0. The van der Waals surface area contributed by atoms with Crippen molar-refractivity contribution in [2.45, 2.75) is 86.2 Å². The zero-order valence-electron chi connectivity index (χ0n) is 12.7. The lowest BCUT2D eigenvalue weighted by Crippen LogP contribution is -2.12. The van der Waals surface area contributed by atoms with Crippen LogP contribution < -0.4 is 0 Å². The van der Waals surface area contributed by atoms with Crippen LogP contribution in [0.15, 0.2) is 0 Å². The summed E-state index contributed by atoms with van der Waals surface area (Å²) in [5.74, 6) is 0.575. The summed E-state index contributed by atoms with van der Waals surface area (Å²) in [5, 5.41) is 0. The van der Waals surface area contributed by atoms with Gasteiger partial charge in [-0.15, -0.1) is 0 Å². The Hall–Kier alpha value is 0.230. The van der Waals surface area contributed by atoms with Gasteiger partial charge in [0, 0.05) is 18.0 Å². The van der Waals surface area contributed by atoms with E-state index >= 15 is 0 Å². The molecule has 0 heterocycles. The van der Waals surface area contributed by atoms with E-state index in [2.05, 4.69) is 34.6 Å². The second-order valence-electron chi connectivity index (χ2n) is 5.92. The quantitative estimate of drug-likeness (QED) is 0.333. The summed E-state index contributed by atoms with van der Waals surface area (Å²) < 4.78 is 13.0. The smallest absolute Gasteiger partial charge is 0.0906 e. The molecular formula is C16H37OP. The summed E-state index contributed by atoms with van der Waals surface area (Å²) in [6, 6.07) is 0. The van der Waals surface area contributed by atoms with Gasteiger partial charge < -0.3 is 4.57 Å². The molecule has 0 saturated heterocycles. The van der Waals surface area contributed by atoms with E-state index in [1.807, 2.05) is 0 Å². The molecule has 0 spiro atoms. The van der Waals surface area contributed by atoms with Gasteiger partial charge in [0.05, 0.1) is 7.14 Å². The first-order valence-corrected chi connectivity index (χ1v) is 9.68. The Bertz CT molecular complexity index is 223. The zero-order valence-corrected chi connectivity index (χ0v) is 13.6. The van der Waals surface area contributed by atoms with E-state index in [1.165, 1.54) is 32.1 Å². The predicted octanol–water partition coefficient (Wildman–Crippen LogP) is 6.41. The van der Waals surface area contributed by atoms with Gasteiger partial charge in [0.15, 0.2) is 0 Å². The fraction of sp³-hybridized carbons (Fsp3) is 1.00. The molecule has 0 aromatic carbocycles. The van der Waals surface area contributed by atoms with Gasteiger partial charge in [0.25, 0.3) is 0 Å². The minimum absolute atomic E-state index is 0. The number of unbranched alkanes of at least 4 members (excludes halogenated alkanes) is 4.